The summed E-state index contributed by atoms with van der Waals surface area (Å²) < 4.78 is 5.45. The van der Waals surface area contributed by atoms with Gasteiger partial charge in [0.05, 0.1) is 6.04 Å². The third kappa shape index (κ3) is 2.37. The molecule has 1 saturated carbocycles. The Bertz CT molecular complexity index is 362. The van der Waals surface area contributed by atoms with E-state index in [1.807, 2.05) is 0 Å². The zero-order valence-corrected chi connectivity index (χ0v) is 10.5. The average Bonchev–Trinajstić information content (AvgIpc) is 3.00. The van der Waals surface area contributed by atoms with Crippen LogP contribution in [0, 0.1) is 5.92 Å². The van der Waals surface area contributed by atoms with E-state index in [2.05, 4.69) is 22.4 Å². The molecule has 94 valence electrons. The number of hydrogen-bond acceptors (Lipinski definition) is 4. The number of rotatable bonds is 2. The van der Waals surface area contributed by atoms with Gasteiger partial charge in [0.2, 0.25) is 5.89 Å². The fourth-order valence-corrected chi connectivity index (χ4v) is 2.97. The maximum atomic E-state index is 5.45. The van der Waals surface area contributed by atoms with Crippen LogP contribution in [0.5, 0.6) is 0 Å². The van der Waals surface area contributed by atoms with Crippen molar-refractivity contribution in [1.82, 2.24) is 15.5 Å². The summed E-state index contributed by atoms with van der Waals surface area (Å²) in [4.78, 5) is 4.60. The Balaban J connectivity index is 1.67. The number of nitrogens with zero attached hydrogens (tertiary/aromatic N) is 2. The molecule has 2 heterocycles. The van der Waals surface area contributed by atoms with Gasteiger partial charge in [0, 0.05) is 5.92 Å². The molecule has 1 saturated heterocycles. The van der Waals surface area contributed by atoms with E-state index in [4.69, 9.17) is 4.52 Å². The molecule has 4 nitrogen and oxygen atoms in total. The largest absolute Gasteiger partial charge is 0.339 e. The van der Waals surface area contributed by atoms with Crippen LogP contribution in [-0.2, 0) is 0 Å². The SMILES string of the molecule is CC1CCC(c2nc(C3CCCN3)no2)CC1. The Kier molecular flexibility index (Phi) is 3.14. The normalized spacial score (nSPS) is 34.1. The fourth-order valence-electron chi connectivity index (χ4n) is 2.97. The van der Waals surface area contributed by atoms with E-state index in [1.165, 1.54) is 32.1 Å². The minimum Gasteiger partial charge on any atom is -0.339 e. The van der Waals surface area contributed by atoms with E-state index in [0.717, 1.165) is 30.6 Å². The highest BCUT2D eigenvalue weighted by Crippen LogP contribution is 2.35. The van der Waals surface area contributed by atoms with E-state index < -0.39 is 0 Å². The lowest BCUT2D eigenvalue weighted by molar-refractivity contribution is 0.280. The molecular weight excluding hydrogens is 214 g/mol. The minimum absolute atomic E-state index is 0.329. The van der Waals surface area contributed by atoms with E-state index >= 15 is 0 Å². The second-order valence-corrected chi connectivity index (χ2v) is 5.60. The first-order valence-corrected chi connectivity index (χ1v) is 6.90. The summed E-state index contributed by atoms with van der Waals surface area (Å²) in [5, 5.41) is 7.55. The molecule has 1 aromatic heterocycles. The van der Waals surface area contributed by atoms with Gasteiger partial charge in [-0.05, 0) is 51.0 Å². The van der Waals surface area contributed by atoms with Crippen molar-refractivity contribution in [3.63, 3.8) is 0 Å². The van der Waals surface area contributed by atoms with Crippen molar-refractivity contribution in [2.45, 2.75) is 57.4 Å². The molecule has 17 heavy (non-hydrogen) atoms. The Morgan fingerprint density at radius 2 is 2.00 bits per heavy atom. The van der Waals surface area contributed by atoms with Gasteiger partial charge in [0.1, 0.15) is 0 Å². The molecule has 1 atom stereocenters. The van der Waals surface area contributed by atoms with Crippen molar-refractivity contribution in [2.75, 3.05) is 6.54 Å². The summed E-state index contributed by atoms with van der Waals surface area (Å²) in [6.07, 6.45) is 7.37. The minimum atomic E-state index is 0.329. The molecule has 1 N–H and O–H groups in total. The molecule has 4 heteroatoms. The van der Waals surface area contributed by atoms with Crippen molar-refractivity contribution in [2.24, 2.45) is 5.92 Å². The molecular formula is C13H21N3O. The molecule has 3 rings (SSSR count). The van der Waals surface area contributed by atoms with Crippen LogP contribution in [0.1, 0.15) is 69.1 Å². The van der Waals surface area contributed by atoms with Gasteiger partial charge >= 0.3 is 0 Å². The van der Waals surface area contributed by atoms with Crippen LogP contribution in [0.2, 0.25) is 0 Å². The molecule has 1 aromatic rings. The number of hydrogen-bond donors (Lipinski definition) is 1. The third-order valence-corrected chi connectivity index (χ3v) is 4.19. The van der Waals surface area contributed by atoms with Crippen molar-refractivity contribution in [3.05, 3.63) is 11.7 Å². The van der Waals surface area contributed by atoms with Crippen LogP contribution < -0.4 is 5.32 Å². The topological polar surface area (TPSA) is 51.0 Å². The van der Waals surface area contributed by atoms with E-state index in [1.54, 1.807) is 0 Å². The lowest BCUT2D eigenvalue weighted by Gasteiger charge is -2.23. The lowest BCUT2D eigenvalue weighted by Crippen LogP contribution is -2.15. The van der Waals surface area contributed by atoms with Gasteiger partial charge in [-0.15, -0.1) is 0 Å². The molecule has 1 unspecified atom stereocenters. The highest BCUT2D eigenvalue weighted by atomic mass is 16.5. The van der Waals surface area contributed by atoms with Gasteiger partial charge in [0.15, 0.2) is 5.82 Å². The third-order valence-electron chi connectivity index (χ3n) is 4.19. The quantitative estimate of drug-likeness (QED) is 0.856. The van der Waals surface area contributed by atoms with Crippen LogP contribution in [0.25, 0.3) is 0 Å². The van der Waals surface area contributed by atoms with E-state index in [-0.39, 0.29) is 0 Å². The molecule has 2 fully saturated rings. The van der Waals surface area contributed by atoms with Crippen LogP contribution in [0.15, 0.2) is 4.52 Å². The van der Waals surface area contributed by atoms with Crippen molar-refractivity contribution in [1.29, 1.82) is 0 Å². The first-order chi connectivity index (χ1) is 8.33. The lowest BCUT2D eigenvalue weighted by atomic mass is 9.83. The molecule has 1 aliphatic carbocycles. The highest BCUT2D eigenvalue weighted by molar-refractivity contribution is 5.01. The van der Waals surface area contributed by atoms with Crippen molar-refractivity contribution in [3.8, 4) is 0 Å². The zero-order valence-electron chi connectivity index (χ0n) is 10.5. The molecule has 0 bridgehead atoms. The first kappa shape index (κ1) is 11.2. The van der Waals surface area contributed by atoms with Crippen LogP contribution in [-0.4, -0.2) is 16.7 Å². The van der Waals surface area contributed by atoms with Gasteiger partial charge in [-0.25, -0.2) is 0 Å². The Labute approximate surface area is 102 Å². The maximum absolute atomic E-state index is 5.45. The second kappa shape index (κ2) is 4.77. The Morgan fingerprint density at radius 3 is 2.71 bits per heavy atom. The van der Waals surface area contributed by atoms with Crippen molar-refractivity contribution >= 4 is 0 Å². The summed E-state index contributed by atoms with van der Waals surface area (Å²) in [6, 6.07) is 0.329. The second-order valence-electron chi connectivity index (χ2n) is 5.60. The summed E-state index contributed by atoms with van der Waals surface area (Å²) in [5.74, 6) is 3.12. The van der Waals surface area contributed by atoms with Crippen molar-refractivity contribution < 1.29 is 4.52 Å². The first-order valence-electron chi connectivity index (χ1n) is 6.90. The monoisotopic (exact) mass is 235 g/mol. The molecule has 1 aliphatic heterocycles. The zero-order chi connectivity index (χ0) is 11.7. The van der Waals surface area contributed by atoms with E-state index in [0.29, 0.717) is 12.0 Å². The molecule has 0 spiro atoms. The summed E-state index contributed by atoms with van der Waals surface area (Å²) in [6.45, 7) is 3.41. The summed E-state index contributed by atoms with van der Waals surface area (Å²) in [7, 11) is 0. The van der Waals surface area contributed by atoms with Gasteiger partial charge in [-0.2, -0.15) is 4.98 Å². The predicted molar refractivity (Wildman–Crippen MR) is 64.6 cm³/mol. The number of aromatic nitrogens is 2. The van der Waals surface area contributed by atoms with E-state index in [9.17, 15) is 0 Å². The van der Waals surface area contributed by atoms with Gasteiger partial charge in [0.25, 0.3) is 0 Å². The predicted octanol–water partition coefficient (Wildman–Crippen LogP) is 2.79. The van der Waals surface area contributed by atoms with Gasteiger partial charge < -0.3 is 9.84 Å². The molecule has 0 aromatic carbocycles. The van der Waals surface area contributed by atoms with Gasteiger partial charge in [-0.3, -0.25) is 0 Å². The number of nitrogens with one attached hydrogen (secondary N) is 1. The fraction of sp³-hybridized carbons (Fsp3) is 0.846. The average molecular weight is 235 g/mol. The van der Waals surface area contributed by atoms with Crippen LogP contribution >= 0.6 is 0 Å². The Hall–Kier alpha value is -0.900. The standard InChI is InChI=1S/C13H21N3O/c1-9-4-6-10(7-5-9)13-15-12(16-17-13)11-3-2-8-14-11/h9-11,14H,2-8H2,1H3. The summed E-state index contributed by atoms with van der Waals surface area (Å²) >= 11 is 0. The summed E-state index contributed by atoms with van der Waals surface area (Å²) in [5.41, 5.74) is 0. The molecule has 0 radical (unpaired) electrons. The van der Waals surface area contributed by atoms with Crippen LogP contribution in [0.4, 0.5) is 0 Å². The van der Waals surface area contributed by atoms with Crippen LogP contribution in [0.3, 0.4) is 0 Å². The maximum Gasteiger partial charge on any atom is 0.229 e. The molecule has 2 aliphatic rings. The Morgan fingerprint density at radius 1 is 1.18 bits per heavy atom. The molecule has 0 amide bonds. The highest BCUT2D eigenvalue weighted by Gasteiger charge is 2.27. The smallest absolute Gasteiger partial charge is 0.229 e. The van der Waals surface area contributed by atoms with Gasteiger partial charge in [-0.1, -0.05) is 12.1 Å².